The summed E-state index contributed by atoms with van der Waals surface area (Å²) in [5.74, 6) is 0.0227. The van der Waals surface area contributed by atoms with Gasteiger partial charge in [0.15, 0.2) is 0 Å². The van der Waals surface area contributed by atoms with Crippen LogP contribution in [0.3, 0.4) is 0 Å². The fraction of sp³-hybridized carbons (Fsp3) is 0.462. The van der Waals surface area contributed by atoms with E-state index in [4.69, 9.17) is 0 Å². The van der Waals surface area contributed by atoms with Crippen molar-refractivity contribution in [3.63, 3.8) is 0 Å². The number of rotatable bonds is 4. The van der Waals surface area contributed by atoms with Crippen molar-refractivity contribution in [1.82, 2.24) is 5.32 Å². The quantitative estimate of drug-likeness (QED) is 0.865. The Kier molecular flexibility index (Phi) is 6.00. The third kappa shape index (κ3) is 4.09. The van der Waals surface area contributed by atoms with Gasteiger partial charge in [-0.3, -0.25) is 9.10 Å². The molecule has 1 fully saturated rings. The lowest BCUT2D eigenvalue weighted by atomic mass is 10.1. The molecule has 118 valence electrons. The number of hydrogen-bond acceptors (Lipinski definition) is 4. The number of hydrogen-bond donors (Lipinski definition) is 2. The Bertz CT molecular complexity index is 619. The van der Waals surface area contributed by atoms with Crippen molar-refractivity contribution in [2.75, 3.05) is 35.5 Å². The molecule has 1 aromatic carbocycles. The Morgan fingerprint density at radius 1 is 1.38 bits per heavy atom. The van der Waals surface area contributed by atoms with Crippen LogP contribution in [0.2, 0.25) is 0 Å². The number of nitrogens with zero attached hydrogens (tertiary/aromatic N) is 1. The predicted molar refractivity (Wildman–Crippen MR) is 86.7 cm³/mol. The number of carbonyl (C=O) groups excluding carboxylic acids is 1. The molecule has 2 rings (SSSR count). The molecule has 0 saturated carbocycles. The molecule has 1 aliphatic heterocycles. The van der Waals surface area contributed by atoms with E-state index in [1.54, 1.807) is 19.2 Å². The summed E-state index contributed by atoms with van der Waals surface area (Å²) in [6.45, 7) is 2.57. The van der Waals surface area contributed by atoms with Crippen molar-refractivity contribution in [3.8, 4) is 0 Å². The van der Waals surface area contributed by atoms with E-state index in [0.717, 1.165) is 5.56 Å². The number of amides is 1. The highest BCUT2D eigenvalue weighted by atomic mass is 35.5. The second kappa shape index (κ2) is 7.11. The number of benzene rings is 1. The van der Waals surface area contributed by atoms with Gasteiger partial charge in [0, 0.05) is 12.2 Å². The lowest BCUT2D eigenvalue weighted by molar-refractivity contribution is -0.115. The Hall–Kier alpha value is -1.31. The molecule has 1 aliphatic rings. The van der Waals surface area contributed by atoms with E-state index >= 15 is 0 Å². The Balaban J connectivity index is 0.00000220. The predicted octanol–water partition coefficient (Wildman–Crippen LogP) is 1.11. The average Bonchev–Trinajstić information content (AvgIpc) is 2.72. The van der Waals surface area contributed by atoms with Crippen LogP contribution in [0, 0.1) is 6.92 Å². The van der Waals surface area contributed by atoms with Gasteiger partial charge in [-0.05, 0) is 38.1 Å². The van der Waals surface area contributed by atoms with Crippen LogP contribution in [0.4, 0.5) is 11.4 Å². The van der Waals surface area contributed by atoms with Crippen molar-refractivity contribution in [3.05, 3.63) is 23.8 Å². The average molecular weight is 334 g/mol. The molecule has 0 spiro atoms. The van der Waals surface area contributed by atoms with Gasteiger partial charge >= 0.3 is 0 Å². The molecular weight excluding hydrogens is 314 g/mol. The normalized spacial score (nSPS) is 16.4. The summed E-state index contributed by atoms with van der Waals surface area (Å²) < 4.78 is 25.4. The summed E-state index contributed by atoms with van der Waals surface area (Å²) in [5.41, 5.74) is 2.12. The fourth-order valence-electron chi connectivity index (χ4n) is 2.23. The molecule has 2 N–H and O–H groups in total. The third-order valence-corrected chi connectivity index (χ3v) is 5.05. The molecule has 6 nitrogen and oxygen atoms in total. The van der Waals surface area contributed by atoms with Gasteiger partial charge in [-0.15, -0.1) is 12.4 Å². The maximum Gasteiger partial charge on any atom is 0.238 e. The zero-order valence-corrected chi connectivity index (χ0v) is 13.7. The molecule has 0 bridgehead atoms. The number of halogens is 1. The lowest BCUT2D eigenvalue weighted by Gasteiger charge is -2.20. The van der Waals surface area contributed by atoms with Gasteiger partial charge in [0.2, 0.25) is 15.9 Å². The summed E-state index contributed by atoms with van der Waals surface area (Å²) in [6.07, 6.45) is 0.637. The van der Waals surface area contributed by atoms with Crippen LogP contribution in [0.15, 0.2) is 18.2 Å². The first-order valence-corrected chi connectivity index (χ1v) is 8.10. The van der Waals surface area contributed by atoms with E-state index in [1.807, 2.05) is 13.0 Å². The van der Waals surface area contributed by atoms with Crippen LogP contribution in [0.5, 0.6) is 0 Å². The first-order valence-electron chi connectivity index (χ1n) is 6.49. The fourth-order valence-corrected chi connectivity index (χ4v) is 3.85. The monoisotopic (exact) mass is 333 g/mol. The van der Waals surface area contributed by atoms with Crippen LogP contribution >= 0.6 is 12.4 Å². The molecule has 21 heavy (non-hydrogen) atoms. The molecule has 1 saturated heterocycles. The van der Waals surface area contributed by atoms with Crippen LogP contribution in [0.25, 0.3) is 0 Å². The van der Waals surface area contributed by atoms with Gasteiger partial charge in [0.05, 0.1) is 18.0 Å². The van der Waals surface area contributed by atoms with E-state index < -0.39 is 10.0 Å². The number of sulfonamides is 1. The Labute approximate surface area is 131 Å². The molecule has 1 aromatic rings. The largest absolute Gasteiger partial charge is 0.325 e. The van der Waals surface area contributed by atoms with Crippen molar-refractivity contribution in [1.29, 1.82) is 0 Å². The molecule has 0 aromatic heterocycles. The maximum atomic E-state index is 12.0. The lowest BCUT2D eigenvalue weighted by Crippen LogP contribution is -2.27. The summed E-state index contributed by atoms with van der Waals surface area (Å²) in [7, 11) is -1.52. The highest BCUT2D eigenvalue weighted by molar-refractivity contribution is 7.93. The van der Waals surface area contributed by atoms with Crippen LogP contribution < -0.4 is 14.9 Å². The van der Waals surface area contributed by atoms with Gasteiger partial charge < -0.3 is 10.6 Å². The van der Waals surface area contributed by atoms with E-state index in [2.05, 4.69) is 10.6 Å². The smallest absolute Gasteiger partial charge is 0.238 e. The van der Waals surface area contributed by atoms with Gasteiger partial charge in [-0.1, -0.05) is 6.07 Å². The standard InChI is InChI=1S/C13H19N3O3S.ClH/c1-10-4-5-11(15-13(17)9-14-2)8-12(10)16-6-3-7-20(16,18)19;/h4-5,8,14H,3,6-7,9H2,1-2H3,(H,15,17);1H. The van der Waals surface area contributed by atoms with Gasteiger partial charge in [0.1, 0.15) is 0 Å². The van der Waals surface area contributed by atoms with Crippen LogP contribution in [0.1, 0.15) is 12.0 Å². The molecule has 0 radical (unpaired) electrons. The SMILES string of the molecule is CNCC(=O)Nc1ccc(C)c(N2CCCS2(=O)=O)c1.Cl. The number of nitrogens with one attached hydrogen (secondary N) is 2. The highest BCUT2D eigenvalue weighted by Crippen LogP contribution is 2.29. The van der Waals surface area contributed by atoms with Crippen molar-refractivity contribution in [2.45, 2.75) is 13.3 Å². The molecule has 0 aliphatic carbocycles. The Morgan fingerprint density at radius 3 is 2.67 bits per heavy atom. The zero-order valence-electron chi connectivity index (χ0n) is 12.0. The minimum Gasteiger partial charge on any atom is -0.325 e. The molecule has 1 amide bonds. The van der Waals surface area contributed by atoms with Crippen molar-refractivity contribution >= 4 is 39.7 Å². The van der Waals surface area contributed by atoms with Crippen LogP contribution in [-0.2, 0) is 14.8 Å². The summed E-state index contributed by atoms with van der Waals surface area (Å²) in [6, 6.07) is 5.30. The van der Waals surface area contributed by atoms with Gasteiger partial charge in [-0.25, -0.2) is 8.42 Å². The number of carbonyl (C=O) groups is 1. The molecule has 8 heteroatoms. The summed E-state index contributed by atoms with van der Waals surface area (Å²) >= 11 is 0. The molecule has 0 atom stereocenters. The molecule has 1 heterocycles. The van der Waals surface area contributed by atoms with E-state index in [1.165, 1.54) is 4.31 Å². The number of anilines is 2. The zero-order chi connectivity index (χ0) is 14.8. The first kappa shape index (κ1) is 17.7. The van der Waals surface area contributed by atoms with Gasteiger partial charge in [-0.2, -0.15) is 0 Å². The second-order valence-corrected chi connectivity index (χ2v) is 6.83. The number of likely N-dealkylation sites (N-methyl/N-ethyl adjacent to an activating group) is 1. The molecular formula is C13H20ClN3O3S. The minimum absolute atomic E-state index is 0. The third-order valence-electron chi connectivity index (χ3n) is 3.20. The topological polar surface area (TPSA) is 78.5 Å². The summed E-state index contributed by atoms with van der Waals surface area (Å²) in [4.78, 5) is 11.6. The van der Waals surface area contributed by atoms with Crippen LogP contribution in [-0.4, -0.2) is 40.2 Å². The first-order chi connectivity index (χ1) is 9.44. The maximum absolute atomic E-state index is 12.0. The van der Waals surface area contributed by atoms with E-state index in [-0.39, 0.29) is 30.6 Å². The van der Waals surface area contributed by atoms with Crippen molar-refractivity contribution < 1.29 is 13.2 Å². The second-order valence-electron chi connectivity index (χ2n) is 4.82. The van der Waals surface area contributed by atoms with E-state index in [9.17, 15) is 13.2 Å². The number of aryl methyl sites for hydroxylation is 1. The summed E-state index contributed by atoms with van der Waals surface area (Å²) in [5, 5.41) is 5.50. The minimum atomic E-state index is -3.21. The highest BCUT2D eigenvalue weighted by Gasteiger charge is 2.29. The van der Waals surface area contributed by atoms with Crippen molar-refractivity contribution in [2.24, 2.45) is 0 Å². The van der Waals surface area contributed by atoms with E-state index in [0.29, 0.717) is 24.3 Å². The molecule has 0 unspecified atom stereocenters. The Morgan fingerprint density at radius 2 is 2.10 bits per heavy atom. The van der Waals surface area contributed by atoms with Gasteiger partial charge in [0.25, 0.3) is 0 Å².